The molecule has 1 fully saturated rings. The van der Waals surface area contributed by atoms with Crippen molar-refractivity contribution in [1.29, 1.82) is 0 Å². The maximum absolute atomic E-state index is 10.4. The molecule has 0 aromatic heterocycles. The minimum Gasteiger partial charge on any atom is -0.507 e. The van der Waals surface area contributed by atoms with Crippen LogP contribution in [0.4, 0.5) is 0 Å². The summed E-state index contributed by atoms with van der Waals surface area (Å²) in [5.41, 5.74) is 7.40. The highest BCUT2D eigenvalue weighted by Crippen LogP contribution is 2.40. The number of hydrogen-bond acceptors (Lipinski definition) is 3. The fourth-order valence-corrected chi connectivity index (χ4v) is 3.61. The molecule has 2 rings (SSSR count). The molecule has 0 amide bonds. The van der Waals surface area contributed by atoms with Crippen molar-refractivity contribution in [3.63, 3.8) is 0 Å². The second-order valence-corrected chi connectivity index (χ2v) is 10.2. The summed E-state index contributed by atoms with van der Waals surface area (Å²) in [6.45, 7) is 12.4. The fourth-order valence-electron chi connectivity index (χ4n) is 3.24. The van der Waals surface area contributed by atoms with Gasteiger partial charge in [-0.15, -0.1) is 16.9 Å². The largest absolute Gasteiger partial charge is 0.507 e. The molecule has 1 aliphatic carbocycles. The van der Waals surface area contributed by atoms with Crippen molar-refractivity contribution < 1.29 is 19.7 Å². The summed E-state index contributed by atoms with van der Waals surface area (Å²) in [4.78, 5) is 11.1. The number of phenols is 1. The highest BCUT2D eigenvalue weighted by Gasteiger charge is 2.26. The number of aromatic hydroxyl groups is 1. The molecule has 0 radical (unpaired) electrons. The summed E-state index contributed by atoms with van der Waals surface area (Å²) in [6.07, 6.45) is 5.92. The Balaban J connectivity index is 0.000000307. The van der Waals surface area contributed by atoms with Gasteiger partial charge in [0.1, 0.15) is 12.4 Å². The maximum Gasteiger partial charge on any atom is 0.329 e. The molecule has 158 valence electrons. The highest BCUT2D eigenvalue weighted by atomic mass is 32.1. The first-order valence-electron chi connectivity index (χ1n) is 9.94. The van der Waals surface area contributed by atoms with Gasteiger partial charge in [0.25, 0.3) is 0 Å². The summed E-state index contributed by atoms with van der Waals surface area (Å²) < 4.78 is 5.14. The van der Waals surface area contributed by atoms with E-state index < -0.39 is 5.97 Å². The lowest BCUT2D eigenvalue weighted by Crippen LogP contribution is -2.20. The number of aliphatic carboxylic acids is 1. The molecule has 1 aromatic rings. The van der Waals surface area contributed by atoms with Crippen LogP contribution in [0, 0.1) is 5.69 Å². The first-order chi connectivity index (χ1) is 12.9. The fraction of sp³-hybridized carbons (Fsp3) is 0.652. The van der Waals surface area contributed by atoms with Gasteiger partial charge in [-0.2, -0.15) is 0 Å². The first kappa shape index (κ1) is 24.5. The highest BCUT2D eigenvalue weighted by molar-refractivity contribution is 7.88. The van der Waals surface area contributed by atoms with E-state index in [2.05, 4.69) is 41.5 Å². The molecule has 4 nitrogen and oxygen atoms in total. The van der Waals surface area contributed by atoms with Crippen LogP contribution in [-0.4, -0.2) is 28.9 Å². The van der Waals surface area contributed by atoms with Crippen molar-refractivity contribution in [2.75, 3.05) is 6.61 Å². The van der Waals surface area contributed by atoms with Crippen LogP contribution in [0.25, 0.3) is 0 Å². The molecule has 28 heavy (non-hydrogen) atoms. The third-order valence-electron chi connectivity index (χ3n) is 4.83. The van der Waals surface area contributed by atoms with Crippen LogP contribution >= 0.6 is 11.2 Å². The molecular formula is C23H36O4S. The molecule has 0 atom stereocenters. The predicted molar refractivity (Wildman–Crippen MR) is 117 cm³/mol. The Hall–Kier alpha value is -1.55. The van der Waals surface area contributed by atoms with Gasteiger partial charge in [-0.3, -0.25) is 0 Å². The molecule has 0 unspecified atom stereocenters. The molecule has 0 heterocycles. The van der Waals surface area contributed by atoms with Gasteiger partial charge < -0.3 is 14.9 Å². The number of ether oxygens (including phenoxy) is 1. The average Bonchev–Trinajstić information content (AvgIpc) is 2.59. The van der Waals surface area contributed by atoms with Gasteiger partial charge in [0.15, 0.2) is 0 Å². The number of carbonyl (C=O) groups is 1. The molecule has 0 bridgehead atoms. The lowest BCUT2D eigenvalue weighted by Gasteiger charge is -2.27. The maximum atomic E-state index is 10.4. The summed E-state index contributed by atoms with van der Waals surface area (Å²) >= 11 is 1.23. The van der Waals surface area contributed by atoms with Crippen molar-refractivity contribution in [3.05, 3.63) is 23.3 Å². The van der Waals surface area contributed by atoms with Crippen molar-refractivity contribution in [2.45, 2.75) is 95.5 Å². The zero-order valence-corrected chi connectivity index (χ0v) is 19.0. The van der Waals surface area contributed by atoms with Gasteiger partial charge in [0, 0.05) is 16.0 Å². The van der Waals surface area contributed by atoms with E-state index in [1.165, 1.54) is 30.4 Å². The summed E-state index contributed by atoms with van der Waals surface area (Å²) in [5.74, 6) is -0.460. The first-order valence-corrected chi connectivity index (χ1v) is 10.8. The lowest BCUT2D eigenvalue weighted by atomic mass is 9.79. The molecule has 0 saturated heterocycles. The van der Waals surface area contributed by atoms with Gasteiger partial charge in [-0.25, -0.2) is 4.79 Å². The van der Waals surface area contributed by atoms with Crippen molar-refractivity contribution in [1.82, 2.24) is 0 Å². The Morgan fingerprint density at radius 1 is 1.07 bits per heavy atom. The van der Waals surface area contributed by atoms with E-state index in [1.54, 1.807) is 0 Å². The van der Waals surface area contributed by atoms with Crippen molar-refractivity contribution in [2.24, 2.45) is 0 Å². The number of carboxylic acids is 1. The second-order valence-electron chi connectivity index (χ2n) is 9.45. The molecule has 2 N–H and O–H groups in total. The Bertz CT molecular complexity index is 664. The third kappa shape index (κ3) is 7.83. The minimum absolute atomic E-state index is 0.0875. The van der Waals surface area contributed by atoms with Crippen LogP contribution in [0.5, 0.6) is 5.75 Å². The average molecular weight is 409 g/mol. The standard InChI is InChI=1S/C15H22OS.C8H14O3/c1-14(2,3)11-8-10(17-7)9-12(13(11)16)15(4,5)6;9-8(10)6-11-7-4-2-1-3-5-7/h7-9,16H,1-6H3;7H,1-6H2,(H,9,10). The Labute approximate surface area is 173 Å². The van der Waals surface area contributed by atoms with E-state index in [0.29, 0.717) is 5.75 Å². The second kappa shape index (κ2) is 10.3. The van der Waals surface area contributed by atoms with E-state index in [1.807, 2.05) is 12.1 Å². The number of carboxylic acid groups (broad SMARTS) is 1. The van der Waals surface area contributed by atoms with Gasteiger partial charge in [-0.1, -0.05) is 60.8 Å². The minimum atomic E-state index is -0.865. The lowest BCUT2D eigenvalue weighted by molar-refractivity contribution is -0.144. The van der Waals surface area contributed by atoms with Gasteiger partial charge in [0.2, 0.25) is 0 Å². The topological polar surface area (TPSA) is 66.8 Å². The summed E-state index contributed by atoms with van der Waals surface area (Å²) in [7, 11) is 0. The van der Waals surface area contributed by atoms with Crippen LogP contribution in [0.1, 0.15) is 84.8 Å². The zero-order valence-electron chi connectivity index (χ0n) is 18.2. The van der Waals surface area contributed by atoms with Gasteiger partial charge >= 0.3 is 5.97 Å². The number of hydrogen-bond donors (Lipinski definition) is 2. The molecule has 0 spiro atoms. The van der Waals surface area contributed by atoms with Crippen molar-refractivity contribution >= 4 is 17.1 Å². The quantitative estimate of drug-likeness (QED) is 0.635. The van der Waals surface area contributed by atoms with E-state index in [0.717, 1.165) is 28.9 Å². The smallest absolute Gasteiger partial charge is 0.329 e. The van der Waals surface area contributed by atoms with Crippen LogP contribution in [0.3, 0.4) is 0 Å². The Morgan fingerprint density at radius 3 is 1.89 bits per heavy atom. The summed E-state index contributed by atoms with van der Waals surface area (Å²) in [6, 6.07) is 3.96. The molecular weight excluding hydrogens is 372 g/mol. The number of benzene rings is 1. The van der Waals surface area contributed by atoms with Crippen LogP contribution in [0.15, 0.2) is 17.0 Å². The molecule has 1 aromatic carbocycles. The van der Waals surface area contributed by atoms with Crippen LogP contribution in [0.2, 0.25) is 0 Å². The molecule has 1 aliphatic rings. The monoisotopic (exact) mass is 408 g/mol. The summed E-state index contributed by atoms with van der Waals surface area (Å²) in [5, 5.41) is 18.7. The van der Waals surface area contributed by atoms with E-state index in [9.17, 15) is 9.90 Å². The Morgan fingerprint density at radius 2 is 1.54 bits per heavy atom. The predicted octanol–water partition coefficient (Wildman–Crippen LogP) is 6.09. The van der Waals surface area contributed by atoms with Crippen molar-refractivity contribution in [3.8, 4) is 11.4 Å². The van der Waals surface area contributed by atoms with Crippen LogP contribution < -0.4 is 0 Å². The SMILES string of the molecule is C#Sc1cc(C(C)(C)C)c(O)c(C(C)(C)C)c1.O=C(O)COC1CCCCC1. The molecule has 5 heteroatoms. The zero-order chi connectivity index (χ0) is 21.5. The molecule has 1 saturated carbocycles. The van der Waals surface area contributed by atoms with E-state index in [4.69, 9.17) is 15.5 Å². The number of rotatable bonds is 3. The van der Waals surface area contributed by atoms with E-state index >= 15 is 0 Å². The number of phenolic OH excluding ortho intramolecular Hbond substituents is 1. The molecule has 0 aliphatic heterocycles. The van der Waals surface area contributed by atoms with Gasteiger partial charge in [-0.05, 0) is 35.8 Å². The third-order valence-corrected chi connectivity index (χ3v) is 5.34. The van der Waals surface area contributed by atoms with E-state index in [-0.39, 0.29) is 23.5 Å². The Kier molecular flexibility index (Phi) is 9.00. The van der Waals surface area contributed by atoms with Crippen LogP contribution in [-0.2, 0) is 20.4 Å². The van der Waals surface area contributed by atoms with Gasteiger partial charge in [0.05, 0.1) is 6.10 Å². The normalized spacial score (nSPS) is 15.5.